The van der Waals surface area contributed by atoms with Crippen LogP contribution >= 0.6 is 0 Å². The number of aryl methyl sites for hydroxylation is 1. The van der Waals surface area contributed by atoms with Crippen LogP contribution in [0.4, 0.5) is 0 Å². The van der Waals surface area contributed by atoms with Crippen molar-refractivity contribution in [2.24, 2.45) is 0 Å². The Hall–Kier alpha value is -2.60. The zero-order valence-electron chi connectivity index (χ0n) is 14.1. The first kappa shape index (κ1) is 15.9. The van der Waals surface area contributed by atoms with Gasteiger partial charge < -0.3 is 18.5 Å². The fourth-order valence-corrected chi connectivity index (χ4v) is 3.25. The Labute approximate surface area is 145 Å². The third-order valence-electron chi connectivity index (χ3n) is 4.42. The molecule has 0 bridgehead atoms. The molecule has 0 aliphatic carbocycles. The zero-order valence-corrected chi connectivity index (χ0v) is 14.1. The number of carbonyl (C=O) groups is 1. The minimum Gasteiger partial charge on any atom is -0.467 e. The van der Waals surface area contributed by atoms with Crippen molar-refractivity contribution >= 4 is 17.0 Å². The second-order valence-corrected chi connectivity index (χ2v) is 6.29. The van der Waals surface area contributed by atoms with Gasteiger partial charge in [-0.05, 0) is 37.1 Å². The number of oxazole rings is 1. The number of carbonyl (C=O) groups excluding carboxylic acids is 1. The molecule has 0 N–H and O–H groups in total. The maximum Gasteiger partial charge on any atom is 0.256 e. The number of nitrogens with zero attached hydrogens (tertiary/aromatic N) is 2. The largest absolute Gasteiger partial charge is 0.467 e. The molecule has 1 amide bonds. The second-order valence-electron chi connectivity index (χ2n) is 6.29. The highest BCUT2D eigenvalue weighted by Gasteiger charge is 2.26. The van der Waals surface area contributed by atoms with Gasteiger partial charge in [-0.15, -0.1) is 0 Å². The summed E-state index contributed by atoms with van der Waals surface area (Å²) in [5.74, 6) is 1.20. The highest BCUT2D eigenvalue weighted by molar-refractivity contribution is 6.04. The van der Waals surface area contributed by atoms with Gasteiger partial charge in [0.15, 0.2) is 11.5 Å². The van der Waals surface area contributed by atoms with Crippen LogP contribution in [0.3, 0.4) is 0 Å². The molecule has 0 unspecified atom stereocenters. The summed E-state index contributed by atoms with van der Waals surface area (Å²) >= 11 is 0. The Kier molecular flexibility index (Phi) is 4.28. The Morgan fingerprint density at radius 3 is 3.00 bits per heavy atom. The van der Waals surface area contributed by atoms with E-state index in [0.717, 1.165) is 25.2 Å². The Balaban J connectivity index is 1.65. The van der Waals surface area contributed by atoms with Crippen molar-refractivity contribution in [3.8, 4) is 0 Å². The predicted octanol–water partition coefficient (Wildman–Crippen LogP) is 3.55. The van der Waals surface area contributed by atoms with Crippen molar-refractivity contribution in [3.63, 3.8) is 0 Å². The number of para-hydroxylation sites is 1. The minimum absolute atomic E-state index is 0.0668. The first-order valence-corrected chi connectivity index (χ1v) is 8.50. The number of aromatic nitrogens is 1. The molecule has 4 rings (SSSR count). The molecule has 0 spiro atoms. The summed E-state index contributed by atoms with van der Waals surface area (Å²) in [7, 11) is 0. The fraction of sp³-hybridized carbons (Fsp3) is 0.368. The first-order chi connectivity index (χ1) is 12.2. The van der Waals surface area contributed by atoms with Crippen LogP contribution in [0.15, 0.2) is 45.4 Å². The smallest absolute Gasteiger partial charge is 0.256 e. The second kappa shape index (κ2) is 6.72. The standard InChI is InChI=1S/C19H20N2O4/c1-13-20-18-16(7-2-8-17(18)25-13)19(22)21(11-14-5-3-9-23-14)12-15-6-4-10-24-15/h2-3,5,7-9,15H,4,6,10-12H2,1H3/t15-/m0/s1. The Bertz CT molecular complexity index is 863. The lowest BCUT2D eigenvalue weighted by molar-refractivity contribution is 0.0493. The van der Waals surface area contributed by atoms with E-state index in [-0.39, 0.29) is 12.0 Å². The third kappa shape index (κ3) is 3.30. The first-order valence-electron chi connectivity index (χ1n) is 8.50. The summed E-state index contributed by atoms with van der Waals surface area (Å²) in [5, 5.41) is 0. The van der Waals surface area contributed by atoms with Gasteiger partial charge >= 0.3 is 0 Å². The average molecular weight is 340 g/mol. The Morgan fingerprint density at radius 1 is 1.32 bits per heavy atom. The summed E-state index contributed by atoms with van der Waals surface area (Å²) in [6.07, 6.45) is 3.68. The Morgan fingerprint density at radius 2 is 2.24 bits per heavy atom. The zero-order chi connectivity index (χ0) is 17.2. The molecule has 0 saturated carbocycles. The number of amides is 1. The predicted molar refractivity (Wildman–Crippen MR) is 91.2 cm³/mol. The highest BCUT2D eigenvalue weighted by Crippen LogP contribution is 2.23. The van der Waals surface area contributed by atoms with E-state index in [0.29, 0.717) is 35.6 Å². The van der Waals surface area contributed by atoms with Gasteiger partial charge in [0, 0.05) is 20.1 Å². The molecule has 1 aliphatic heterocycles. The molecule has 1 aliphatic rings. The molecule has 1 aromatic carbocycles. The van der Waals surface area contributed by atoms with E-state index in [4.69, 9.17) is 13.6 Å². The average Bonchev–Trinajstić information content (AvgIpc) is 3.34. The lowest BCUT2D eigenvalue weighted by atomic mass is 10.1. The van der Waals surface area contributed by atoms with Crippen molar-refractivity contribution in [1.29, 1.82) is 0 Å². The monoisotopic (exact) mass is 340 g/mol. The molecule has 3 aromatic rings. The van der Waals surface area contributed by atoms with Crippen LogP contribution in [-0.2, 0) is 11.3 Å². The lowest BCUT2D eigenvalue weighted by Crippen LogP contribution is -2.37. The van der Waals surface area contributed by atoms with Gasteiger partial charge in [0.2, 0.25) is 0 Å². The van der Waals surface area contributed by atoms with E-state index in [1.54, 1.807) is 24.2 Å². The molecule has 3 heterocycles. The summed E-state index contributed by atoms with van der Waals surface area (Å²) in [6.45, 7) is 3.47. The van der Waals surface area contributed by atoms with Crippen molar-refractivity contribution < 1.29 is 18.4 Å². The quantitative estimate of drug-likeness (QED) is 0.710. The summed E-state index contributed by atoms with van der Waals surface area (Å²) in [6, 6.07) is 9.13. The van der Waals surface area contributed by atoms with Gasteiger partial charge in [0.25, 0.3) is 5.91 Å². The van der Waals surface area contributed by atoms with Gasteiger partial charge in [0.1, 0.15) is 11.3 Å². The van der Waals surface area contributed by atoms with Crippen molar-refractivity contribution in [2.75, 3.05) is 13.2 Å². The van der Waals surface area contributed by atoms with E-state index in [1.165, 1.54) is 0 Å². The van der Waals surface area contributed by atoms with Crippen molar-refractivity contribution in [1.82, 2.24) is 9.88 Å². The van der Waals surface area contributed by atoms with E-state index in [2.05, 4.69) is 4.98 Å². The topological polar surface area (TPSA) is 68.7 Å². The molecule has 25 heavy (non-hydrogen) atoms. The minimum atomic E-state index is -0.0919. The SMILES string of the molecule is Cc1nc2c(C(=O)N(Cc3ccco3)C[C@@H]3CCCO3)cccc2o1. The van der Waals surface area contributed by atoms with E-state index >= 15 is 0 Å². The van der Waals surface area contributed by atoms with Gasteiger partial charge in [-0.1, -0.05) is 6.07 Å². The fourth-order valence-electron chi connectivity index (χ4n) is 3.25. The molecule has 2 aromatic heterocycles. The lowest BCUT2D eigenvalue weighted by Gasteiger charge is -2.24. The van der Waals surface area contributed by atoms with Crippen molar-refractivity contribution in [2.45, 2.75) is 32.4 Å². The van der Waals surface area contributed by atoms with Crippen LogP contribution in [-0.4, -0.2) is 35.0 Å². The number of rotatable bonds is 5. The van der Waals surface area contributed by atoms with E-state index < -0.39 is 0 Å². The summed E-state index contributed by atoms with van der Waals surface area (Å²) < 4.78 is 16.7. The van der Waals surface area contributed by atoms with Crippen LogP contribution in [0.5, 0.6) is 0 Å². The number of hydrogen-bond donors (Lipinski definition) is 0. The van der Waals surface area contributed by atoms with Crippen LogP contribution in [0.25, 0.3) is 11.1 Å². The number of furan rings is 1. The summed E-state index contributed by atoms with van der Waals surface area (Å²) in [5.41, 5.74) is 1.76. The van der Waals surface area contributed by atoms with Crippen LogP contribution in [0.1, 0.15) is 34.9 Å². The molecular weight excluding hydrogens is 320 g/mol. The number of hydrogen-bond acceptors (Lipinski definition) is 5. The maximum absolute atomic E-state index is 13.2. The van der Waals surface area contributed by atoms with Gasteiger partial charge in [-0.2, -0.15) is 0 Å². The molecule has 1 fully saturated rings. The van der Waals surface area contributed by atoms with Crippen molar-refractivity contribution in [3.05, 3.63) is 53.8 Å². The normalized spacial score (nSPS) is 17.2. The number of fused-ring (bicyclic) bond motifs is 1. The number of ether oxygens (including phenoxy) is 1. The molecule has 1 saturated heterocycles. The maximum atomic E-state index is 13.2. The van der Waals surface area contributed by atoms with E-state index in [1.807, 2.05) is 24.3 Å². The highest BCUT2D eigenvalue weighted by atomic mass is 16.5. The molecular formula is C19H20N2O4. The van der Waals surface area contributed by atoms with Gasteiger partial charge in [-0.3, -0.25) is 4.79 Å². The molecule has 0 radical (unpaired) electrons. The van der Waals surface area contributed by atoms with Crippen LogP contribution in [0.2, 0.25) is 0 Å². The molecule has 130 valence electrons. The molecule has 1 atom stereocenters. The van der Waals surface area contributed by atoms with E-state index in [9.17, 15) is 4.79 Å². The summed E-state index contributed by atoms with van der Waals surface area (Å²) in [4.78, 5) is 19.4. The van der Waals surface area contributed by atoms with Crippen LogP contribution < -0.4 is 0 Å². The van der Waals surface area contributed by atoms with Crippen LogP contribution in [0, 0.1) is 6.92 Å². The van der Waals surface area contributed by atoms with Gasteiger partial charge in [0.05, 0.1) is 24.5 Å². The molecule has 6 heteroatoms. The molecule has 6 nitrogen and oxygen atoms in total. The third-order valence-corrected chi connectivity index (χ3v) is 4.42. The number of benzene rings is 1. The van der Waals surface area contributed by atoms with Gasteiger partial charge in [-0.25, -0.2) is 4.98 Å².